The number of nitrogens with zero attached hydrogens (tertiary/aromatic N) is 13. The van der Waals surface area contributed by atoms with Crippen molar-refractivity contribution in [1.29, 1.82) is 5.26 Å². The quantitative estimate of drug-likeness (QED) is 0.0147. The number of rotatable bonds is 21. The summed E-state index contributed by atoms with van der Waals surface area (Å²) in [7, 11) is 5.65. The second-order valence-electron chi connectivity index (χ2n) is 36.2. The monoisotopic (exact) mass is 1930 g/mol. The van der Waals surface area contributed by atoms with E-state index in [1.807, 2.05) is 54.5 Å². The third-order valence-corrected chi connectivity index (χ3v) is 24.6. The Kier molecular flexibility index (Phi) is 31.1. The van der Waals surface area contributed by atoms with Gasteiger partial charge in [-0.05, 0) is 178 Å². The van der Waals surface area contributed by atoms with E-state index in [0.717, 1.165) is 31.1 Å². The van der Waals surface area contributed by atoms with Gasteiger partial charge in [-0.3, -0.25) is 63.0 Å². The van der Waals surface area contributed by atoms with Crippen molar-refractivity contribution in [1.82, 2.24) is 74.8 Å². The lowest BCUT2D eigenvalue weighted by molar-refractivity contribution is 0.0128. The first-order valence-electron chi connectivity index (χ1n) is 45.7. The van der Waals surface area contributed by atoms with Gasteiger partial charge in [0.25, 0.3) is 29.5 Å². The van der Waals surface area contributed by atoms with Crippen LogP contribution in [0.4, 0.5) is 38.8 Å². The molecule has 5 aliphatic rings. The van der Waals surface area contributed by atoms with E-state index in [2.05, 4.69) is 50.6 Å². The summed E-state index contributed by atoms with van der Waals surface area (Å²) in [5.41, 5.74) is 12.0. The zero-order valence-corrected chi connectivity index (χ0v) is 80.4. The van der Waals surface area contributed by atoms with Crippen molar-refractivity contribution in [2.24, 2.45) is 0 Å². The molecule has 10 heterocycles. The van der Waals surface area contributed by atoms with Crippen LogP contribution < -0.4 is 41.3 Å². The van der Waals surface area contributed by atoms with Crippen LogP contribution in [0.2, 0.25) is 0 Å². The topological polar surface area (TPSA) is 415 Å². The molecule has 5 aliphatic heterocycles. The molecule has 3 saturated heterocycles. The lowest BCUT2D eigenvalue weighted by Gasteiger charge is -2.36. The van der Waals surface area contributed by atoms with Crippen LogP contribution in [0.5, 0.6) is 17.2 Å². The zero-order valence-electron chi connectivity index (χ0n) is 80.4. The van der Waals surface area contributed by atoms with Gasteiger partial charge >= 0.3 is 18.2 Å². The molecule has 0 radical (unpaired) electrons. The first-order chi connectivity index (χ1) is 67.3. The second kappa shape index (κ2) is 43.3. The standard InChI is InChI=1S/C31H37FN4O6.C30H33FN4O5.C21H23FN8O.C21H15FN2O4/c1-19(33-28(37)21-9-7-8-10-22(21)29(38)41-6)26-24(27(40-5)23-17-20(32)11-12-25(23)34-26)18-35-13-15-36(16-14-35)30(39)42-31(2,3)4;1-18(35-27(36)20-8-6-7-9-21(20)28(35)37)25-23(26(39-5)22-16-19(31)10-11-24(22)32-25)17-33-12-14-34(15-13-33)29(38)40-30(2,3)4;1-12(28-21-15(9-23)20(24)26-11-27-21)18-16(10-30-6-4-25-5-7-30)19(31)14-8-13(22)2-3-17(14)29-18;1-11(24-20(26)13-5-3-4-6-14(13)21(24)27)18-16(10-25)19(28-2)15-9-12(22)7-8-17(15)23-18/h7-12,17,19H,13-16,18H2,1-6H3,(H,33,37);6-11,16,18H,12-15,17H2,1-5H3;2-3,8,11-12,25H,4-7,10H2,1H3,(H,29,31)(H3,24,26,27,28);3-11H,1-2H3/t19-;18-;12-;11-/m0000/s1. The van der Waals surface area contributed by atoms with Gasteiger partial charge in [0.05, 0.1) is 125 Å². The zero-order chi connectivity index (χ0) is 101. The van der Waals surface area contributed by atoms with Crippen molar-refractivity contribution in [2.75, 3.05) is 118 Å². The molecule has 0 unspecified atom stereocenters. The summed E-state index contributed by atoms with van der Waals surface area (Å²) in [6.45, 7) is 26.7. The molecule has 6 N–H and O–H groups in total. The summed E-state index contributed by atoms with van der Waals surface area (Å²) in [6.07, 6.45) is 1.11. The summed E-state index contributed by atoms with van der Waals surface area (Å²) in [5, 5.41) is 20.5. The number of amides is 7. The van der Waals surface area contributed by atoms with Crippen LogP contribution in [-0.2, 0) is 33.8 Å². The van der Waals surface area contributed by atoms with Crippen molar-refractivity contribution in [3.63, 3.8) is 0 Å². The molecule has 0 aliphatic carbocycles. The maximum Gasteiger partial charge on any atom is 0.410 e. The molecule has 0 saturated carbocycles. The number of fused-ring (bicyclic) bond motifs is 6. The van der Waals surface area contributed by atoms with E-state index in [0.29, 0.717) is 189 Å². The summed E-state index contributed by atoms with van der Waals surface area (Å²) in [4.78, 5) is 166. The molecule has 34 nitrogen and oxygen atoms in total. The number of benzene rings is 7. The minimum atomic E-state index is -0.823. The Morgan fingerprint density at radius 3 is 1.35 bits per heavy atom. The fourth-order valence-electron chi connectivity index (χ4n) is 17.7. The van der Waals surface area contributed by atoms with Gasteiger partial charge in [-0.1, -0.05) is 36.4 Å². The predicted octanol–water partition coefficient (Wildman–Crippen LogP) is 14.5. The number of nitrogens with one attached hydrogen (secondary N) is 4. The van der Waals surface area contributed by atoms with E-state index in [9.17, 15) is 70.8 Å². The smallest absolute Gasteiger partial charge is 0.410 e. The molecule has 141 heavy (non-hydrogen) atoms. The van der Waals surface area contributed by atoms with Gasteiger partial charge in [-0.15, -0.1) is 0 Å². The number of carbonyl (C=O) groups is 9. The number of halogens is 4. The fourth-order valence-corrected chi connectivity index (χ4v) is 17.7. The Morgan fingerprint density at radius 1 is 0.504 bits per heavy atom. The molecule has 17 rings (SSSR count). The number of hydrogen-bond acceptors (Lipinski definition) is 28. The number of ether oxygens (including phenoxy) is 6. The average molecular weight is 1930 g/mol. The van der Waals surface area contributed by atoms with Crippen LogP contribution in [0.1, 0.15) is 211 Å². The van der Waals surface area contributed by atoms with Gasteiger partial charge in [0, 0.05) is 148 Å². The molecule has 5 aromatic heterocycles. The molecular formula is C103H108F4N18O16. The van der Waals surface area contributed by atoms with Crippen LogP contribution in [0.3, 0.4) is 0 Å². The number of nitrogens with two attached hydrogens (primary N) is 1. The van der Waals surface area contributed by atoms with Crippen molar-refractivity contribution in [3.8, 4) is 23.3 Å². The van der Waals surface area contributed by atoms with Gasteiger partial charge < -0.3 is 64.9 Å². The van der Waals surface area contributed by atoms with Crippen LogP contribution >= 0.6 is 0 Å². The van der Waals surface area contributed by atoms with Crippen molar-refractivity contribution in [3.05, 3.63) is 269 Å². The van der Waals surface area contributed by atoms with Crippen LogP contribution in [0, 0.1) is 34.6 Å². The van der Waals surface area contributed by atoms with Gasteiger partial charge in [0.2, 0.25) is 0 Å². The van der Waals surface area contributed by atoms with Crippen LogP contribution in [-0.4, -0.2) is 236 Å². The first kappa shape index (κ1) is 101. The summed E-state index contributed by atoms with van der Waals surface area (Å²) >= 11 is 0. The Balaban J connectivity index is 0.000000151. The molecule has 734 valence electrons. The lowest BCUT2D eigenvalue weighted by Crippen LogP contribution is -2.49. The highest BCUT2D eigenvalue weighted by Gasteiger charge is 2.44. The van der Waals surface area contributed by atoms with Gasteiger partial charge in [-0.2, -0.15) is 5.26 Å². The summed E-state index contributed by atoms with van der Waals surface area (Å²) in [6, 6.07) is 35.7. The normalized spacial score (nSPS) is 15.4. The number of pyridine rings is 4. The predicted molar refractivity (Wildman–Crippen MR) is 517 cm³/mol. The number of aromatic amines is 1. The Labute approximate surface area is 809 Å². The van der Waals surface area contributed by atoms with Crippen molar-refractivity contribution in [2.45, 2.75) is 124 Å². The Hall–Kier alpha value is -15.5. The maximum atomic E-state index is 14.3. The number of anilines is 2. The van der Waals surface area contributed by atoms with E-state index in [4.69, 9.17) is 44.1 Å². The van der Waals surface area contributed by atoms with E-state index < -0.39 is 82.3 Å². The molecule has 0 spiro atoms. The molecule has 38 heteroatoms. The lowest BCUT2D eigenvalue weighted by atomic mass is 10.0. The number of imide groups is 2. The van der Waals surface area contributed by atoms with Gasteiger partial charge in [0.15, 0.2) is 11.7 Å². The molecule has 12 aromatic rings. The van der Waals surface area contributed by atoms with E-state index in [-0.39, 0.29) is 74.8 Å². The summed E-state index contributed by atoms with van der Waals surface area (Å²) < 4.78 is 89.0. The van der Waals surface area contributed by atoms with E-state index in [1.165, 1.54) is 100 Å². The minimum absolute atomic E-state index is 0.0738. The minimum Gasteiger partial charge on any atom is -0.496 e. The summed E-state index contributed by atoms with van der Waals surface area (Å²) in [5.74, 6) is -3.15. The number of aldehydes is 1. The molecule has 7 aromatic carbocycles. The third-order valence-electron chi connectivity index (χ3n) is 24.6. The molecule has 7 amide bonds. The first-order valence-corrected chi connectivity index (χ1v) is 45.7. The second-order valence-corrected chi connectivity index (χ2v) is 36.2. The fraction of sp³-hybridized carbons (Fsp3) is 0.340. The Bertz CT molecular complexity index is 6920. The van der Waals surface area contributed by atoms with E-state index in [1.54, 1.807) is 116 Å². The molecule has 0 bridgehead atoms. The highest BCUT2D eigenvalue weighted by molar-refractivity contribution is 6.22. The number of aromatic nitrogens is 6. The number of esters is 1. The molecule has 4 atom stereocenters. The van der Waals surface area contributed by atoms with Crippen molar-refractivity contribution >= 4 is 109 Å². The number of nitrogen functional groups attached to an aromatic ring is 1. The number of piperazine rings is 3. The number of hydrogen-bond donors (Lipinski definition) is 5. The molecule has 3 fully saturated rings. The van der Waals surface area contributed by atoms with Crippen LogP contribution in [0.25, 0.3) is 43.6 Å². The maximum absolute atomic E-state index is 14.3. The highest BCUT2D eigenvalue weighted by Crippen LogP contribution is 2.43. The number of carbonyl (C=O) groups excluding carboxylic acids is 9. The number of nitriles is 1. The van der Waals surface area contributed by atoms with E-state index >= 15 is 0 Å². The molecular weight excluding hydrogens is 1820 g/mol. The van der Waals surface area contributed by atoms with Crippen LogP contribution in [0.15, 0.2) is 157 Å². The van der Waals surface area contributed by atoms with Gasteiger partial charge in [0.1, 0.15) is 81.3 Å². The SMILES string of the molecule is COC(=O)c1ccccc1C(=O)N[C@@H](C)c1nc2ccc(F)cc2c(OC)c1CN1CCN(C(=O)OC(C)(C)C)CC1.COc1c(C=O)c([C@H](C)N2C(=O)c3ccccc3C2=O)nc2ccc(F)cc12.COc1c(CN2CCN(C(=O)OC(C)(C)C)CC2)c([C@H](C)N2C(=O)c3ccccc3C2=O)nc2ccc(F)cc12.C[C@H](Nc1ncnc(N)c1C#N)c1[nH]c2ccc(F)cc2c(=O)c1CN1CCNCC1. The average Bonchev–Trinajstić information content (AvgIpc) is 1.54. The van der Waals surface area contributed by atoms with Crippen molar-refractivity contribution < 1.29 is 89.1 Å². The highest BCUT2D eigenvalue weighted by atomic mass is 19.1. The number of H-pyrrole nitrogens is 1. The van der Waals surface area contributed by atoms with Gasteiger partial charge in [-0.25, -0.2) is 51.9 Å². The number of methoxy groups -OCH3 is 4. The largest absolute Gasteiger partial charge is 0.496 e. The Morgan fingerprint density at radius 2 is 0.908 bits per heavy atom. The third kappa shape index (κ3) is 22.3.